The van der Waals surface area contributed by atoms with Gasteiger partial charge in [0.1, 0.15) is 21.7 Å². The van der Waals surface area contributed by atoms with Crippen LogP contribution in [0.2, 0.25) is 0 Å². The van der Waals surface area contributed by atoms with Crippen molar-refractivity contribution in [2.75, 3.05) is 12.5 Å². The second kappa shape index (κ2) is 12.0. The Labute approximate surface area is 240 Å². The summed E-state index contributed by atoms with van der Waals surface area (Å²) in [5.41, 5.74) is 5.88. The van der Waals surface area contributed by atoms with Crippen molar-refractivity contribution in [3.63, 3.8) is 0 Å². The number of aromatic nitrogens is 1. The minimum absolute atomic E-state index is 0.513. The largest absolute Gasteiger partial charge is 0.497 e. The molecule has 41 heavy (non-hydrogen) atoms. The Bertz CT molecular complexity index is 1620. The van der Waals surface area contributed by atoms with E-state index in [2.05, 4.69) is 83.3 Å². The molecule has 0 fully saturated rings. The van der Waals surface area contributed by atoms with E-state index in [1.54, 1.807) is 13.3 Å². The Morgan fingerprint density at radius 1 is 0.659 bits per heavy atom. The average molecular weight is 555 g/mol. The van der Waals surface area contributed by atoms with Crippen molar-refractivity contribution in [2.45, 2.75) is 0 Å². The lowest BCUT2D eigenvalue weighted by Crippen LogP contribution is -2.40. The number of hydrogen-bond acceptors (Lipinski definition) is 5. The molecule has 0 aliphatic carbocycles. The molecule has 0 aliphatic heterocycles. The first-order chi connectivity index (χ1) is 20.3. The lowest BCUT2D eigenvalue weighted by Gasteiger charge is -2.25. The van der Waals surface area contributed by atoms with Crippen LogP contribution in [-0.4, -0.2) is 18.3 Å². The minimum Gasteiger partial charge on any atom is -0.497 e. The van der Waals surface area contributed by atoms with Gasteiger partial charge in [-0.2, -0.15) is 10.1 Å². The van der Waals surface area contributed by atoms with Crippen LogP contribution in [0.1, 0.15) is 5.56 Å². The zero-order valence-corrected chi connectivity index (χ0v) is 23.5. The summed E-state index contributed by atoms with van der Waals surface area (Å²) >= 11 is 0. The molecular weight excluding hydrogens is 525 g/mol. The van der Waals surface area contributed by atoms with Gasteiger partial charge in [0.25, 0.3) is 11.3 Å². The topological polar surface area (TPSA) is 59.6 Å². The standard InChI is InChI=1S/C35H29N3O2P/c1-39-29-24-22-27(23-25-29)26-36-38-34-35(37-33(40-34)28-14-6-2-7-15-28)41(30-16-8-3-9-17-30,31-18-10-4-11-19-31)32-20-12-5-13-21-32/h2-26,38H,1H3/q+1/b36-26-. The number of ether oxygens (including phenoxy) is 1. The first kappa shape index (κ1) is 26.2. The van der Waals surface area contributed by atoms with Gasteiger partial charge in [-0.15, -0.1) is 0 Å². The predicted molar refractivity (Wildman–Crippen MR) is 171 cm³/mol. The zero-order valence-electron chi connectivity index (χ0n) is 22.6. The molecule has 0 aliphatic rings. The molecule has 1 aromatic heterocycles. The van der Waals surface area contributed by atoms with E-state index in [4.69, 9.17) is 14.1 Å². The molecule has 6 rings (SSSR count). The summed E-state index contributed by atoms with van der Waals surface area (Å²) in [7, 11) is -0.869. The summed E-state index contributed by atoms with van der Waals surface area (Å²) in [6, 6.07) is 49.5. The van der Waals surface area contributed by atoms with Crippen molar-refractivity contribution >= 4 is 40.7 Å². The van der Waals surface area contributed by atoms with Gasteiger partial charge in [-0.25, -0.2) is 5.43 Å². The number of anilines is 1. The number of rotatable bonds is 9. The molecule has 0 saturated carbocycles. The Morgan fingerprint density at radius 2 is 1.15 bits per heavy atom. The van der Waals surface area contributed by atoms with Crippen LogP contribution in [0.15, 0.2) is 155 Å². The number of oxazole rings is 1. The van der Waals surface area contributed by atoms with E-state index in [0.29, 0.717) is 11.8 Å². The molecule has 0 atom stereocenters. The van der Waals surface area contributed by atoms with Crippen LogP contribution < -0.4 is 31.5 Å². The van der Waals surface area contributed by atoms with Gasteiger partial charge in [-0.1, -0.05) is 72.8 Å². The summed E-state index contributed by atoms with van der Waals surface area (Å²) in [6.45, 7) is 0. The first-order valence-corrected chi connectivity index (χ1v) is 15.1. The fourth-order valence-electron chi connectivity index (χ4n) is 4.94. The smallest absolute Gasteiger partial charge is 0.280 e. The third kappa shape index (κ3) is 5.28. The highest BCUT2D eigenvalue weighted by Crippen LogP contribution is 2.55. The Morgan fingerprint density at radius 3 is 1.63 bits per heavy atom. The molecule has 0 saturated heterocycles. The number of benzene rings is 5. The molecule has 0 unspecified atom stereocenters. The van der Waals surface area contributed by atoms with Crippen LogP contribution in [0, 0.1) is 0 Å². The predicted octanol–water partition coefficient (Wildman–Crippen LogP) is 6.42. The lowest BCUT2D eigenvalue weighted by atomic mass is 10.2. The zero-order chi connectivity index (χ0) is 27.9. The van der Waals surface area contributed by atoms with Crippen molar-refractivity contribution in [2.24, 2.45) is 5.10 Å². The van der Waals surface area contributed by atoms with Gasteiger partial charge in [0.05, 0.1) is 13.3 Å². The van der Waals surface area contributed by atoms with Crippen LogP contribution in [0.25, 0.3) is 11.5 Å². The number of hydrogen-bond donors (Lipinski definition) is 1. The maximum absolute atomic E-state index is 6.52. The Balaban J connectivity index is 1.58. The average Bonchev–Trinajstić information content (AvgIpc) is 3.48. The number of hydrazone groups is 1. The van der Waals surface area contributed by atoms with E-state index in [1.807, 2.05) is 72.8 Å². The second-order valence-electron chi connectivity index (χ2n) is 9.36. The summed E-state index contributed by atoms with van der Waals surface area (Å²) < 4.78 is 11.8. The van der Waals surface area contributed by atoms with Gasteiger partial charge in [0, 0.05) is 5.56 Å². The fraction of sp³-hybridized carbons (Fsp3) is 0.0286. The highest BCUT2D eigenvalue weighted by Gasteiger charge is 2.53. The van der Waals surface area contributed by atoms with Crippen LogP contribution in [0.3, 0.4) is 0 Å². The van der Waals surface area contributed by atoms with Crippen LogP contribution in [0.5, 0.6) is 5.75 Å². The molecule has 0 bridgehead atoms. The molecule has 6 aromatic rings. The highest BCUT2D eigenvalue weighted by molar-refractivity contribution is 8.01. The summed E-state index contributed by atoms with van der Waals surface area (Å²) in [5.74, 6) is 1.84. The highest BCUT2D eigenvalue weighted by atomic mass is 31.2. The number of methoxy groups -OCH3 is 1. The fourth-order valence-corrected chi connectivity index (χ4v) is 9.07. The summed E-state index contributed by atoms with van der Waals surface area (Å²) in [4.78, 5) is 5.26. The molecule has 0 radical (unpaired) electrons. The summed E-state index contributed by atoms with van der Waals surface area (Å²) in [5, 5.41) is 8.12. The minimum atomic E-state index is -2.52. The maximum Gasteiger partial charge on any atom is 0.280 e. The molecular formula is C35H29N3O2P+. The Hall–Kier alpha value is -4.99. The van der Waals surface area contributed by atoms with Crippen LogP contribution in [0.4, 0.5) is 5.88 Å². The monoisotopic (exact) mass is 554 g/mol. The first-order valence-electron chi connectivity index (χ1n) is 13.3. The molecule has 1 N–H and O–H groups in total. The number of nitrogens with one attached hydrogen (secondary N) is 1. The third-order valence-electron chi connectivity index (χ3n) is 6.87. The van der Waals surface area contributed by atoms with Crippen molar-refractivity contribution < 1.29 is 9.15 Å². The third-order valence-corrected chi connectivity index (χ3v) is 11.0. The van der Waals surface area contributed by atoms with Crippen molar-refractivity contribution in [1.29, 1.82) is 0 Å². The molecule has 200 valence electrons. The van der Waals surface area contributed by atoms with Crippen LogP contribution >= 0.6 is 7.26 Å². The van der Waals surface area contributed by atoms with Crippen LogP contribution in [-0.2, 0) is 0 Å². The SMILES string of the molecule is COc1ccc(/C=N\Nc2oc(-c3ccccc3)nc2[P+](c2ccccc2)(c2ccccc2)c2ccccc2)cc1. The van der Waals surface area contributed by atoms with Gasteiger partial charge in [-0.05, 0) is 78.4 Å². The van der Waals surface area contributed by atoms with E-state index in [9.17, 15) is 0 Å². The lowest BCUT2D eigenvalue weighted by molar-refractivity contribution is 0.415. The van der Waals surface area contributed by atoms with E-state index >= 15 is 0 Å². The normalized spacial score (nSPS) is 11.4. The van der Waals surface area contributed by atoms with E-state index < -0.39 is 7.26 Å². The molecule has 0 amide bonds. The van der Waals surface area contributed by atoms with Crippen molar-refractivity contribution in [3.8, 4) is 17.2 Å². The second-order valence-corrected chi connectivity index (χ2v) is 12.7. The molecule has 1 heterocycles. The van der Waals surface area contributed by atoms with Gasteiger partial charge in [0.15, 0.2) is 7.26 Å². The van der Waals surface area contributed by atoms with E-state index in [-0.39, 0.29) is 0 Å². The Kier molecular flexibility index (Phi) is 7.70. The van der Waals surface area contributed by atoms with Gasteiger partial charge in [-0.3, -0.25) is 0 Å². The summed E-state index contributed by atoms with van der Waals surface area (Å²) in [6.07, 6.45) is 1.77. The van der Waals surface area contributed by atoms with Gasteiger partial charge >= 0.3 is 0 Å². The molecule has 6 heteroatoms. The number of nitrogens with zero attached hydrogens (tertiary/aromatic N) is 2. The van der Waals surface area contributed by atoms with E-state index in [0.717, 1.165) is 22.3 Å². The van der Waals surface area contributed by atoms with Crippen molar-refractivity contribution in [3.05, 3.63) is 151 Å². The quantitative estimate of drug-likeness (QED) is 0.127. The van der Waals surface area contributed by atoms with E-state index in [1.165, 1.54) is 15.9 Å². The molecule has 5 nitrogen and oxygen atoms in total. The van der Waals surface area contributed by atoms with Gasteiger partial charge in [0.2, 0.25) is 5.89 Å². The van der Waals surface area contributed by atoms with Crippen molar-refractivity contribution in [1.82, 2.24) is 4.98 Å². The molecule has 0 spiro atoms. The van der Waals surface area contributed by atoms with Gasteiger partial charge < -0.3 is 9.15 Å². The molecule has 5 aromatic carbocycles. The maximum atomic E-state index is 6.52.